The number of aromatic nitrogens is 1. The van der Waals surface area contributed by atoms with Crippen molar-refractivity contribution in [3.8, 4) is 11.1 Å². The van der Waals surface area contributed by atoms with Gasteiger partial charge in [0, 0.05) is 59.3 Å². The van der Waals surface area contributed by atoms with E-state index in [1.807, 2.05) is 11.3 Å². The Kier molecular flexibility index (Phi) is 7.53. The van der Waals surface area contributed by atoms with Gasteiger partial charge in [0.15, 0.2) is 0 Å². The van der Waals surface area contributed by atoms with Gasteiger partial charge in [0.25, 0.3) is 0 Å². The van der Waals surface area contributed by atoms with Crippen LogP contribution in [-0.4, -0.2) is 4.57 Å². The molecule has 0 amide bonds. The Morgan fingerprint density at radius 3 is 1.87 bits per heavy atom. The van der Waals surface area contributed by atoms with Gasteiger partial charge < -0.3 is 9.47 Å². The average Bonchev–Trinajstić information content (AvgIpc) is 3.81. The smallest absolute Gasteiger partial charge is 0.0540 e. The summed E-state index contributed by atoms with van der Waals surface area (Å²) in [5.74, 6) is 0.222. The molecule has 10 aromatic rings. The standard InChI is InChI=1S/C52H36N2S/c1-2-15-40-35(13-1)14-11-24-46(40)53(39-33-29-37(30-34-39)42-20-12-26-51-52(42)45-19-6-10-25-50(45)55-51)38-31-27-36(28-32-38)41-16-3-7-21-47(41)54-48-22-8-4-17-43(48)44-18-5-9-23-49(44)54/h1-15,17-34,41H,16H2. The lowest BCUT2D eigenvalue weighted by Crippen LogP contribution is -2.12. The molecule has 11 rings (SSSR count). The number of para-hydroxylation sites is 2. The van der Waals surface area contributed by atoms with Gasteiger partial charge in [0.05, 0.1) is 16.7 Å². The second-order valence-electron chi connectivity index (χ2n) is 14.4. The molecule has 3 heteroatoms. The third kappa shape index (κ3) is 5.23. The number of anilines is 3. The number of rotatable bonds is 6. The van der Waals surface area contributed by atoms with E-state index in [9.17, 15) is 0 Å². The molecule has 1 aliphatic rings. The van der Waals surface area contributed by atoms with Crippen LogP contribution in [0.2, 0.25) is 0 Å². The molecular weight excluding hydrogens is 685 g/mol. The average molecular weight is 721 g/mol. The molecule has 55 heavy (non-hydrogen) atoms. The molecule has 0 saturated carbocycles. The molecular formula is C52H36N2S. The van der Waals surface area contributed by atoms with Crippen LogP contribution in [0.15, 0.2) is 200 Å². The van der Waals surface area contributed by atoms with Crippen LogP contribution < -0.4 is 4.90 Å². The number of thiophene rings is 1. The van der Waals surface area contributed by atoms with Crippen molar-refractivity contribution in [2.45, 2.75) is 12.3 Å². The van der Waals surface area contributed by atoms with Crippen molar-refractivity contribution in [2.24, 2.45) is 0 Å². The Hall–Kier alpha value is -6.68. The van der Waals surface area contributed by atoms with Crippen LogP contribution in [-0.2, 0) is 0 Å². The SMILES string of the molecule is C1=CCC(c2ccc(N(c3ccc(-c4cccc5sc6ccccc6c45)cc3)c3cccc4ccccc34)cc2)C(n2c3ccccc3c3ccccc32)=C1. The quantitative estimate of drug-likeness (QED) is 0.166. The summed E-state index contributed by atoms with van der Waals surface area (Å²) in [6.45, 7) is 0. The molecule has 2 heterocycles. The summed E-state index contributed by atoms with van der Waals surface area (Å²) in [5.41, 5.74) is 11.0. The molecule has 260 valence electrons. The van der Waals surface area contributed by atoms with Gasteiger partial charge in [-0.05, 0) is 89.2 Å². The number of nitrogens with zero attached hydrogens (tertiary/aromatic N) is 2. The summed E-state index contributed by atoms with van der Waals surface area (Å²) >= 11 is 1.87. The van der Waals surface area contributed by atoms with Crippen molar-refractivity contribution in [2.75, 3.05) is 4.90 Å². The van der Waals surface area contributed by atoms with Gasteiger partial charge in [-0.3, -0.25) is 0 Å². The summed E-state index contributed by atoms with van der Waals surface area (Å²) in [7, 11) is 0. The molecule has 0 spiro atoms. The van der Waals surface area contributed by atoms with Crippen LogP contribution in [0.3, 0.4) is 0 Å². The normalized spacial score (nSPS) is 14.3. The molecule has 0 saturated heterocycles. The third-order valence-corrected chi connectivity index (χ3v) is 12.5. The van der Waals surface area contributed by atoms with Crippen LogP contribution >= 0.6 is 11.3 Å². The summed E-state index contributed by atoms with van der Waals surface area (Å²) in [5, 5.41) is 7.69. The van der Waals surface area contributed by atoms with Crippen molar-refractivity contribution in [1.82, 2.24) is 4.57 Å². The Morgan fingerprint density at radius 1 is 0.509 bits per heavy atom. The maximum absolute atomic E-state index is 2.48. The highest BCUT2D eigenvalue weighted by Crippen LogP contribution is 2.45. The van der Waals surface area contributed by atoms with Crippen molar-refractivity contribution in [1.29, 1.82) is 0 Å². The number of benzene rings is 8. The van der Waals surface area contributed by atoms with Crippen molar-refractivity contribution >= 4 is 86.8 Å². The Labute approximate surface area is 324 Å². The fourth-order valence-corrected chi connectivity index (χ4v) is 9.98. The van der Waals surface area contributed by atoms with Gasteiger partial charge in [-0.15, -0.1) is 11.3 Å². The Morgan fingerprint density at radius 2 is 1.11 bits per heavy atom. The van der Waals surface area contributed by atoms with E-state index in [2.05, 4.69) is 210 Å². The minimum atomic E-state index is 0.222. The second-order valence-corrected chi connectivity index (χ2v) is 15.5. The fourth-order valence-electron chi connectivity index (χ4n) is 8.85. The molecule has 2 nitrogen and oxygen atoms in total. The van der Waals surface area contributed by atoms with Crippen LogP contribution in [0, 0.1) is 0 Å². The van der Waals surface area contributed by atoms with Gasteiger partial charge in [-0.1, -0.05) is 140 Å². The van der Waals surface area contributed by atoms with Gasteiger partial charge in [0.1, 0.15) is 0 Å². The van der Waals surface area contributed by atoms with Gasteiger partial charge in [0.2, 0.25) is 0 Å². The topological polar surface area (TPSA) is 8.17 Å². The molecule has 0 aliphatic heterocycles. The maximum atomic E-state index is 2.48. The molecule has 0 bridgehead atoms. The van der Waals surface area contributed by atoms with E-state index >= 15 is 0 Å². The predicted molar refractivity (Wildman–Crippen MR) is 237 cm³/mol. The zero-order chi connectivity index (χ0) is 36.3. The molecule has 0 N–H and O–H groups in total. The first-order chi connectivity index (χ1) is 27.3. The highest BCUT2D eigenvalue weighted by molar-refractivity contribution is 7.25. The zero-order valence-corrected chi connectivity index (χ0v) is 31.0. The van der Waals surface area contributed by atoms with Gasteiger partial charge in [-0.2, -0.15) is 0 Å². The van der Waals surface area contributed by atoms with Crippen molar-refractivity contribution < 1.29 is 0 Å². The van der Waals surface area contributed by atoms with Crippen LogP contribution in [0.25, 0.3) is 69.6 Å². The minimum Gasteiger partial charge on any atom is -0.312 e. The molecule has 0 radical (unpaired) electrons. The predicted octanol–water partition coefficient (Wildman–Crippen LogP) is 15.0. The van der Waals surface area contributed by atoms with Crippen molar-refractivity contribution in [3.05, 3.63) is 206 Å². The second kappa shape index (κ2) is 13.0. The van der Waals surface area contributed by atoms with Crippen molar-refractivity contribution in [3.63, 3.8) is 0 Å². The first-order valence-corrected chi connectivity index (χ1v) is 19.9. The molecule has 1 aliphatic carbocycles. The zero-order valence-electron chi connectivity index (χ0n) is 30.1. The number of hydrogen-bond acceptors (Lipinski definition) is 2. The lowest BCUT2D eigenvalue weighted by atomic mass is 9.88. The number of hydrogen-bond donors (Lipinski definition) is 0. The van der Waals surface area contributed by atoms with Crippen LogP contribution in [0.4, 0.5) is 17.1 Å². The molecule has 1 atom stereocenters. The largest absolute Gasteiger partial charge is 0.312 e. The maximum Gasteiger partial charge on any atom is 0.0540 e. The third-order valence-electron chi connectivity index (χ3n) is 11.4. The van der Waals surface area contributed by atoms with Crippen LogP contribution in [0.1, 0.15) is 17.9 Å². The fraction of sp³-hybridized carbons (Fsp3) is 0.0385. The van der Waals surface area contributed by atoms with Gasteiger partial charge in [-0.25, -0.2) is 0 Å². The Bertz CT molecular complexity index is 3060. The molecule has 0 fully saturated rings. The van der Waals surface area contributed by atoms with E-state index in [0.717, 1.165) is 23.5 Å². The summed E-state index contributed by atoms with van der Waals surface area (Å²) in [4.78, 5) is 2.42. The lowest BCUT2D eigenvalue weighted by Gasteiger charge is -2.28. The van der Waals surface area contributed by atoms with E-state index in [0.29, 0.717) is 0 Å². The number of allylic oxidation sites excluding steroid dienone is 4. The summed E-state index contributed by atoms with van der Waals surface area (Å²) in [6.07, 6.45) is 7.79. The first kappa shape index (κ1) is 31.8. The van der Waals surface area contributed by atoms with E-state index in [1.165, 1.54) is 75.1 Å². The number of fused-ring (bicyclic) bond motifs is 7. The molecule has 1 unspecified atom stereocenters. The van der Waals surface area contributed by atoms with Crippen LogP contribution in [0.5, 0.6) is 0 Å². The highest BCUT2D eigenvalue weighted by atomic mass is 32.1. The minimum absolute atomic E-state index is 0.222. The van der Waals surface area contributed by atoms with E-state index < -0.39 is 0 Å². The summed E-state index contributed by atoms with van der Waals surface area (Å²) in [6, 6.07) is 66.8. The first-order valence-electron chi connectivity index (χ1n) is 19.0. The highest BCUT2D eigenvalue weighted by Gasteiger charge is 2.24. The van der Waals surface area contributed by atoms with E-state index in [-0.39, 0.29) is 5.92 Å². The Balaban J connectivity index is 1.01. The molecule has 8 aromatic carbocycles. The lowest BCUT2D eigenvalue weighted by molar-refractivity contribution is 0.830. The monoisotopic (exact) mass is 720 g/mol. The van der Waals surface area contributed by atoms with E-state index in [4.69, 9.17) is 0 Å². The van der Waals surface area contributed by atoms with Gasteiger partial charge >= 0.3 is 0 Å². The van der Waals surface area contributed by atoms with E-state index in [1.54, 1.807) is 0 Å². The molecule has 2 aromatic heterocycles. The summed E-state index contributed by atoms with van der Waals surface area (Å²) < 4.78 is 5.13.